The lowest BCUT2D eigenvalue weighted by molar-refractivity contribution is -0.00282. The summed E-state index contributed by atoms with van der Waals surface area (Å²) in [5.41, 5.74) is 12.0. The number of nitrogens with zero attached hydrogens (tertiary/aromatic N) is 2. The summed E-state index contributed by atoms with van der Waals surface area (Å²) in [5, 5.41) is 0. The van der Waals surface area contributed by atoms with Gasteiger partial charge in [0.2, 0.25) is 0 Å². The normalized spacial score (nSPS) is 21.3. The van der Waals surface area contributed by atoms with Crippen LogP contribution in [-0.4, -0.2) is 72.4 Å². The zero-order valence-corrected chi connectivity index (χ0v) is 20.7. The molecule has 4 N–H and O–H groups in total. The van der Waals surface area contributed by atoms with Gasteiger partial charge in [-0.3, -0.25) is 9.80 Å². The summed E-state index contributed by atoms with van der Waals surface area (Å²) in [4.78, 5) is 4.97. The summed E-state index contributed by atoms with van der Waals surface area (Å²) in [6.07, 6.45) is 7.90. The number of nitrogens with two attached hydrogens (primary N) is 2. The first-order chi connectivity index (χ1) is 14.3. The Labute approximate surface area is 185 Å². The number of likely N-dealkylation sites (tertiary alicyclic amines) is 2. The average molecular weight is 446 g/mol. The Kier molecular flexibility index (Phi) is 10.6. The van der Waals surface area contributed by atoms with Gasteiger partial charge in [0.25, 0.3) is 0 Å². The molecule has 7 nitrogen and oxygen atoms in total. The van der Waals surface area contributed by atoms with Gasteiger partial charge in [0.1, 0.15) is 13.2 Å². The van der Waals surface area contributed by atoms with Crippen LogP contribution < -0.4 is 11.5 Å². The van der Waals surface area contributed by atoms with Crippen LogP contribution in [0, 0.1) is 0 Å². The van der Waals surface area contributed by atoms with Gasteiger partial charge in [0.15, 0.2) is 0 Å². The van der Waals surface area contributed by atoms with E-state index in [0.29, 0.717) is 25.3 Å². The summed E-state index contributed by atoms with van der Waals surface area (Å²) in [6, 6.07) is 0.600. The molecule has 0 bridgehead atoms. The molecule has 0 atom stereocenters. The van der Waals surface area contributed by atoms with Crippen LogP contribution >= 0.6 is 8.25 Å². The average Bonchev–Trinajstić information content (AvgIpc) is 2.77. The molecule has 0 aromatic heterocycles. The van der Waals surface area contributed by atoms with E-state index in [2.05, 4.69) is 37.5 Å². The van der Waals surface area contributed by atoms with Crippen LogP contribution in [-0.2, 0) is 13.6 Å². The van der Waals surface area contributed by atoms with Gasteiger partial charge in [-0.25, -0.2) is 0 Å². The van der Waals surface area contributed by atoms with Gasteiger partial charge in [-0.05, 0) is 51.4 Å². The highest BCUT2D eigenvalue weighted by Gasteiger charge is 2.42. The lowest BCUT2D eigenvalue weighted by Gasteiger charge is -2.45. The van der Waals surface area contributed by atoms with Crippen LogP contribution in [0.25, 0.3) is 0 Å². The predicted octanol–water partition coefficient (Wildman–Crippen LogP) is 3.64. The lowest BCUT2D eigenvalue weighted by Crippen LogP contribution is -2.56. The van der Waals surface area contributed by atoms with Crippen LogP contribution in [0.4, 0.5) is 0 Å². The van der Waals surface area contributed by atoms with Crippen molar-refractivity contribution in [3.8, 4) is 0 Å². The minimum absolute atomic E-state index is 0.0932. The second-order valence-corrected chi connectivity index (χ2v) is 10.2. The molecule has 176 valence electrons. The lowest BCUT2D eigenvalue weighted by atomic mass is 9.89. The molecule has 0 spiro atoms. The van der Waals surface area contributed by atoms with E-state index in [-0.39, 0.29) is 11.1 Å². The maximum atomic E-state index is 12.7. The molecule has 0 unspecified atom stereocenters. The van der Waals surface area contributed by atoms with Gasteiger partial charge in [-0.1, -0.05) is 27.7 Å². The molecular weight excluding hydrogens is 399 g/mol. The van der Waals surface area contributed by atoms with Crippen molar-refractivity contribution in [2.45, 2.75) is 102 Å². The molecule has 0 radical (unpaired) electrons. The quantitative estimate of drug-likeness (QED) is 0.443. The Balaban J connectivity index is 1.91. The smallest absolute Gasteiger partial charge is 0.328 e. The van der Waals surface area contributed by atoms with Crippen molar-refractivity contribution in [3.05, 3.63) is 0 Å². The number of piperidine rings is 2. The molecule has 0 saturated carbocycles. The van der Waals surface area contributed by atoms with Gasteiger partial charge in [0, 0.05) is 53.9 Å². The van der Waals surface area contributed by atoms with Crippen molar-refractivity contribution in [2.75, 3.05) is 39.4 Å². The van der Waals surface area contributed by atoms with Crippen LogP contribution in [0.1, 0.15) is 79.1 Å². The monoisotopic (exact) mass is 445 g/mol. The summed E-state index contributed by atoms with van der Waals surface area (Å²) < 4.78 is 24.4. The minimum atomic E-state index is -2.14. The Morgan fingerprint density at radius 2 is 1.03 bits per heavy atom. The predicted molar refractivity (Wildman–Crippen MR) is 124 cm³/mol. The number of hydrogen-bond donors (Lipinski definition) is 2. The molecule has 2 fully saturated rings. The maximum Gasteiger partial charge on any atom is 0.697 e. The summed E-state index contributed by atoms with van der Waals surface area (Å²) in [6.45, 7) is 13.6. The molecule has 30 heavy (non-hydrogen) atoms. The van der Waals surface area contributed by atoms with Crippen molar-refractivity contribution in [3.63, 3.8) is 0 Å². The van der Waals surface area contributed by atoms with Gasteiger partial charge < -0.3 is 11.5 Å². The zero-order valence-electron chi connectivity index (χ0n) is 19.8. The van der Waals surface area contributed by atoms with E-state index in [4.69, 9.17) is 20.5 Å². The van der Waals surface area contributed by atoms with Gasteiger partial charge in [0.05, 0.1) is 0 Å². The second-order valence-electron chi connectivity index (χ2n) is 9.28. The van der Waals surface area contributed by atoms with Crippen LogP contribution in [0.2, 0.25) is 0 Å². The van der Waals surface area contributed by atoms with Crippen molar-refractivity contribution in [1.82, 2.24) is 9.80 Å². The molecule has 8 heteroatoms. The van der Waals surface area contributed by atoms with E-state index < -0.39 is 8.25 Å². The Morgan fingerprint density at radius 1 is 0.733 bits per heavy atom. The molecular formula is C22H46N4O3P+. The third-order valence-electron chi connectivity index (χ3n) is 7.93. The van der Waals surface area contributed by atoms with E-state index >= 15 is 0 Å². The highest BCUT2D eigenvalue weighted by Crippen LogP contribution is 2.36. The SMILES string of the molecule is CCC(CC)(CO[P+](=O)OCC(CC)(CC)N1CCC(N)CC1)N1CCC(N)CC1. The minimum Gasteiger partial charge on any atom is -0.328 e. The summed E-state index contributed by atoms with van der Waals surface area (Å²) in [7, 11) is -2.14. The molecule has 2 aliphatic heterocycles. The zero-order chi connectivity index (χ0) is 22.2. The molecule has 0 amide bonds. The van der Waals surface area contributed by atoms with Gasteiger partial charge in [-0.2, -0.15) is 0 Å². The first kappa shape index (κ1) is 26.1. The standard InChI is InChI=1S/C22H46N4O3P/c1-5-21(6-2,25-13-9-19(23)10-14-25)17-28-30(27)29-18-22(7-3,8-4)26-15-11-20(24)12-16-26/h19-20H,5-18,23-24H2,1-4H3/q+1. The van der Waals surface area contributed by atoms with Crippen LogP contribution in [0.15, 0.2) is 0 Å². The van der Waals surface area contributed by atoms with Crippen molar-refractivity contribution < 1.29 is 13.6 Å². The van der Waals surface area contributed by atoms with Crippen LogP contribution in [0.5, 0.6) is 0 Å². The molecule has 2 saturated heterocycles. The summed E-state index contributed by atoms with van der Waals surface area (Å²) in [5.74, 6) is 0. The second kappa shape index (κ2) is 12.2. The van der Waals surface area contributed by atoms with Crippen molar-refractivity contribution in [1.29, 1.82) is 0 Å². The van der Waals surface area contributed by atoms with E-state index in [0.717, 1.165) is 77.5 Å². The summed E-state index contributed by atoms with van der Waals surface area (Å²) >= 11 is 0. The molecule has 2 heterocycles. The Hall–Kier alpha value is -0.140. The highest BCUT2D eigenvalue weighted by atomic mass is 31.1. The molecule has 2 rings (SSSR count). The maximum absolute atomic E-state index is 12.7. The van der Waals surface area contributed by atoms with E-state index in [1.807, 2.05) is 0 Å². The van der Waals surface area contributed by atoms with E-state index in [1.54, 1.807) is 0 Å². The highest BCUT2D eigenvalue weighted by molar-refractivity contribution is 7.33. The fraction of sp³-hybridized carbons (Fsp3) is 1.00. The molecule has 0 aliphatic carbocycles. The van der Waals surface area contributed by atoms with Crippen molar-refractivity contribution >= 4 is 8.25 Å². The third kappa shape index (κ3) is 6.44. The van der Waals surface area contributed by atoms with Crippen molar-refractivity contribution in [2.24, 2.45) is 11.5 Å². The fourth-order valence-electron chi connectivity index (χ4n) is 5.12. The Bertz CT molecular complexity index is 469. The number of hydrogen-bond acceptors (Lipinski definition) is 7. The topological polar surface area (TPSA) is 94.0 Å². The third-order valence-corrected chi connectivity index (χ3v) is 8.61. The largest absolute Gasteiger partial charge is 0.697 e. The van der Waals surface area contributed by atoms with E-state index in [9.17, 15) is 4.57 Å². The number of rotatable bonds is 12. The molecule has 2 aliphatic rings. The fourth-order valence-corrected chi connectivity index (χ4v) is 5.88. The Morgan fingerprint density at radius 3 is 1.30 bits per heavy atom. The van der Waals surface area contributed by atoms with Gasteiger partial charge >= 0.3 is 8.25 Å². The van der Waals surface area contributed by atoms with Crippen LogP contribution in [0.3, 0.4) is 0 Å². The first-order valence-electron chi connectivity index (χ1n) is 12.1. The first-order valence-corrected chi connectivity index (χ1v) is 13.2. The molecule has 0 aromatic carbocycles. The van der Waals surface area contributed by atoms with Gasteiger partial charge in [-0.15, -0.1) is 9.05 Å². The van der Waals surface area contributed by atoms with E-state index in [1.165, 1.54) is 0 Å². The molecule has 0 aromatic rings.